The Morgan fingerprint density at radius 3 is 2.21 bits per heavy atom. The second-order valence-corrected chi connectivity index (χ2v) is 7.94. The lowest BCUT2D eigenvalue weighted by Gasteiger charge is -2.37. The molecule has 0 aliphatic carbocycles. The van der Waals surface area contributed by atoms with Crippen molar-refractivity contribution in [3.63, 3.8) is 0 Å². The van der Waals surface area contributed by atoms with Gasteiger partial charge in [-0.05, 0) is 30.9 Å². The fraction of sp³-hybridized carbons (Fsp3) is 0.400. The van der Waals surface area contributed by atoms with Gasteiger partial charge in [-0.3, -0.25) is 4.84 Å². The smallest absolute Gasteiger partial charge is 0.180 e. The van der Waals surface area contributed by atoms with Crippen LogP contribution in [0.15, 0.2) is 60.7 Å². The molecule has 0 bridgehead atoms. The van der Waals surface area contributed by atoms with Crippen LogP contribution < -0.4 is 0 Å². The van der Waals surface area contributed by atoms with Crippen molar-refractivity contribution in [3.05, 3.63) is 71.8 Å². The normalized spacial score (nSPS) is 19.3. The summed E-state index contributed by atoms with van der Waals surface area (Å²) >= 11 is 0. The van der Waals surface area contributed by atoms with Crippen molar-refractivity contribution in [1.29, 1.82) is 0 Å². The molecule has 0 radical (unpaired) electrons. The van der Waals surface area contributed by atoms with Crippen molar-refractivity contribution < 1.29 is 9.26 Å². The predicted molar refractivity (Wildman–Crippen MR) is 100 cm³/mol. The first-order valence-electron chi connectivity index (χ1n) is 8.99. The molecule has 0 spiro atoms. The summed E-state index contributed by atoms with van der Waals surface area (Å²) in [5.41, 5.74) is 2.88. The van der Waals surface area contributed by atoms with Crippen LogP contribution in [0, 0.1) is 0 Å². The van der Waals surface area contributed by atoms with Gasteiger partial charge in [-0.25, -0.2) is 0 Å². The molecule has 1 saturated heterocycles. The number of nitrogens with zero attached hydrogens (tertiary/aromatic N) is 1. The van der Waals surface area contributed by atoms with E-state index in [0.29, 0.717) is 5.67 Å². The third-order valence-electron chi connectivity index (χ3n) is 4.53. The molecular formula is C20H27NO2Si. The summed E-state index contributed by atoms with van der Waals surface area (Å²) in [5, 5.41) is 2.22. The Hall–Kier alpha value is -1.46. The number of hydrogen-bond acceptors (Lipinski definition) is 3. The molecule has 0 aromatic heterocycles. The summed E-state index contributed by atoms with van der Waals surface area (Å²) in [6.07, 6.45) is 3.63. The molecule has 2 aromatic carbocycles. The minimum absolute atomic E-state index is 0.0522. The van der Waals surface area contributed by atoms with Crippen LogP contribution in [0.3, 0.4) is 0 Å². The lowest BCUT2D eigenvalue weighted by Crippen LogP contribution is -2.44. The average Bonchev–Trinajstić information content (AvgIpc) is 2.66. The molecule has 1 aliphatic rings. The number of hydrogen-bond donors (Lipinski definition) is 0. The van der Waals surface area contributed by atoms with Gasteiger partial charge >= 0.3 is 0 Å². The molecular weight excluding hydrogens is 314 g/mol. The number of rotatable bonds is 7. The van der Waals surface area contributed by atoms with Gasteiger partial charge in [0.15, 0.2) is 9.76 Å². The molecule has 24 heavy (non-hydrogen) atoms. The third kappa shape index (κ3) is 4.54. The molecule has 0 amide bonds. The zero-order chi connectivity index (χ0) is 16.6. The van der Waals surface area contributed by atoms with E-state index in [2.05, 4.69) is 72.7 Å². The van der Waals surface area contributed by atoms with E-state index in [1.807, 2.05) is 0 Å². The first kappa shape index (κ1) is 17.4. The Bertz CT molecular complexity index is 554. The molecule has 0 saturated carbocycles. The van der Waals surface area contributed by atoms with E-state index >= 15 is 0 Å². The second-order valence-electron chi connectivity index (χ2n) is 6.26. The van der Waals surface area contributed by atoms with Crippen molar-refractivity contribution in [2.45, 2.75) is 38.0 Å². The van der Waals surface area contributed by atoms with E-state index in [1.165, 1.54) is 30.4 Å². The Morgan fingerprint density at radius 2 is 1.62 bits per heavy atom. The topological polar surface area (TPSA) is 21.7 Å². The SMILES string of the molecule is CCO[SiH2]C1CCCCN1OC(c1ccccc1)c1ccccc1. The van der Waals surface area contributed by atoms with E-state index in [-0.39, 0.29) is 6.10 Å². The fourth-order valence-corrected chi connectivity index (χ4v) is 4.64. The van der Waals surface area contributed by atoms with Crippen LogP contribution in [0.1, 0.15) is 43.4 Å². The lowest BCUT2D eigenvalue weighted by atomic mass is 10.0. The monoisotopic (exact) mass is 341 g/mol. The van der Waals surface area contributed by atoms with Gasteiger partial charge in [0.25, 0.3) is 0 Å². The Labute approximate surface area is 147 Å². The highest BCUT2D eigenvalue weighted by molar-refractivity contribution is 6.29. The van der Waals surface area contributed by atoms with Gasteiger partial charge in [0.1, 0.15) is 6.10 Å². The Balaban J connectivity index is 1.80. The van der Waals surface area contributed by atoms with Gasteiger partial charge in [0.2, 0.25) is 0 Å². The van der Waals surface area contributed by atoms with Crippen LogP contribution in [0.25, 0.3) is 0 Å². The van der Waals surface area contributed by atoms with E-state index in [1.54, 1.807) is 0 Å². The summed E-state index contributed by atoms with van der Waals surface area (Å²) < 4.78 is 5.81. The largest absolute Gasteiger partial charge is 0.423 e. The van der Waals surface area contributed by atoms with Crippen molar-refractivity contribution in [2.75, 3.05) is 13.2 Å². The van der Waals surface area contributed by atoms with Crippen molar-refractivity contribution in [2.24, 2.45) is 0 Å². The van der Waals surface area contributed by atoms with E-state index in [9.17, 15) is 0 Å². The highest BCUT2D eigenvalue weighted by Gasteiger charge is 2.28. The Kier molecular flexibility index (Phi) is 6.61. The van der Waals surface area contributed by atoms with Crippen LogP contribution in [0.5, 0.6) is 0 Å². The van der Waals surface area contributed by atoms with Crippen LogP contribution in [-0.2, 0) is 9.26 Å². The van der Waals surface area contributed by atoms with E-state index < -0.39 is 9.76 Å². The van der Waals surface area contributed by atoms with Gasteiger partial charge < -0.3 is 4.43 Å². The van der Waals surface area contributed by atoms with Crippen molar-refractivity contribution >= 4 is 9.76 Å². The van der Waals surface area contributed by atoms with E-state index in [0.717, 1.165) is 13.2 Å². The zero-order valence-corrected chi connectivity index (χ0v) is 15.8. The quantitative estimate of drug-likeness (QED) is 0.718. The van der Waals surface area contributed by atoms with Gasteiger partial charge in [-0.15, -0.1) is 0 Å². The molecule has 1 atom stereocenters. The predicted octanol–water partition coefficient (Wildman–Crippen LogP) is 3.64. The van der Waals surface area contributed by atoms with Crippen LogP contribution in [0.2, 0.25) is 0 Å². The minimum Gasteiger partial charge on any atom is -0.423 e. The van der Waals surface area contributed by atoms with Crippen molar-refractivity contribution in [1.82, 2.24) is 5.06 Å². The summed E-state index contributed by atoms with van der Waals surface area (Å²) in [5.74, 6) is 0. The van der Waals surface area contributed by atoms with Crippen LogP contribution >= 0.6 is 0 Å². The first-order chi connectivity index (χ1) is 11.9. The van der Waals surface area contributed by atoms with Gasteiger partial charge in [0.05, 0.1) is 0 Å². The average molecular weight is 342 g/mol. The van der Waals surface area contributed by atoms with E-state index in [4.69, 9.17) is 9.26 Å². The standard InChI is InChI=1S/C20H27NO2Si/c1-2-22-24-19-15-9-10-16-21(19)23-20(17-11-5-3-6-12-17)18-13-7-4-8-14-18/h3-8,11-14,19-20H,2,9-10,15-16,24H2,1H3. The lowest BCUT2D eigenvalue weighted by molar-refractivity contribution is -0.209. The summed E-state index contributed by atoms with van der Waals surface area (Å²) in [7, 11) is -0.584. The molecule has 1 aliphatic heterocycles. The highest BCUT2D eigenvalue weighted by atomic mass is 28.2. The summed E-state index contributed by atoms with van der Waals surface area (Å²) in [6.45, 7) is 3.90. The van der Waals surface area contributed by atoms with Crippen LogP contribution in [-0.4, -0.2) is 33.6 Å². The molecule has 1 unspecified atom stereocenters. The highest BCUT2D eigenvalue weighted by Crippen LogP contribution is 2.29. The molecule has 4 heteroatoms. The number of hydroxylamine groups is 2. The fourth-order valence-electron chi connectivity index (χ4n) is 3.24. The molecule has 3 rings (SSSR count). The van der Waals surface area contributed by atoms with Crippen molar-refractivity contribution in [3.8, 4) is 0 Å². The second kappa shape index (κ2) is 9.13. The van der Waals surface area contributed by atoms with Gasteiger partial charge in [0, 0.05) is 18.8 Å². The molecule has 128 valence electrons. The molecule has 3 nitrogen and oxygen atoms in total. The van der Waals surface area contributed by atoms with Crippen LogP contribution in [0.4, 0.5) is 0 Å². The maximum absolute atomic E-state index is 6.56. The maximum atomic E-state index is 6.56. The number of piperidine rings is 1. The summed E-state index contributed by atoms with van der Waals surface area (Å²) in [4.78, 5) is 6.56. The van der Waals surface area contributed by atoms with Gasteiger partial charge in [-0.2, -0.15) is 5.06 Å². The minimum atomic E-state index is -0.584. The number of benzene rings is 2. The Morgan fingerprint density at radius 1 is 1.00 bits per heavy atom. The molecule has 0 N–H and O–H groups in total. The third-order valence-corrected chi connectivity index (χ3v) is 6.38. The zero-order valence-electron chi connectivity index (χ0n) is 14.4. The first-order valence-corrected chi connectivity index (χ1v) is 10.4. The molecule has 1 fully saturated rings. The molecule has 1 heterocycles. The van der Waals surface area contributed by atoms with Gasteiger partial charge in [-0.1, -0.05) is 67.1 Å². The summed E-state index contributed by atoms with van der Waals surface area (Å²) in [6, 6.07) is 21.0. The maximum Gasteiger partial charge on any atom is 0.180 e. The molecule has 2 aromatic rings.